The first-order valence-corrected chi connectivity index (χ1v) is 6.68. The molecule has 0 aliphatic carbocycles. The molecule has 0 bridgehead atoms. The minimum absolute atomic E-state index is 0.0872. The van der Waals surface area contributed by atoms with Gasteiger partial charge in [0.2, 0.25) is 0 Å². The molecule has 0 radical (unpaired) electrons. The van der Waals surface area contributed by atoms with Crippen molar-refractivity contribution in [2.45, 2.75) is 32.9 Å². The predicted octanol–water partition coefficient (Wildman–Crippen LogP) is 3.56. The molecular weight excluding hydrogens is 254 g/mol. The van der Waals surface area contributed by atoms with Crippen LogP contribution in [0.4, 0.5) is 0 Å². The number of rotatable bonds is 5. The first kappa shape index (κ1) is 14.2. The fraction of sp³-hybridized carbons (Fsp3) is 0.312. The van der Waals surface area contributed by atoms with Crippen molar-refractivity contribution in [2.75, 3.05) is 0 Å². The third-order valence-electron chi connectivity index (χ3n) is 2.84. The second kappa shape index (κ2) is 6.28. The maximum atomic E-state index is 12.0. The SMILES string of the molecule is CC(C)Oc1ccccc1C(C)NC(=O)c1ccco1. The van der Waals surface area contributed by atoms with Crippen LogP contribution in [0, 0.1) is 0 Å². The Kier molecular flexibility index (Phi) is 4.45. The maximum absolute atomic E-state index is 12.0. The number of hydrogen-bond donors (Lipinski definition) is 1. The molecule has 2 rings (SSSR count). The van der Waals surface area contributed by atoms with Gasteiger partial charge in [0.05, 0.1) is 18.4 Å². The first-order valence-electron chi connectivity index (χ1n) is 6.68. The quantitative estimate of drug-likeness (QED) is 0.906. The van der Waals surface area contributed by atoms with E-state index < -0.39 is 0 Å². The minimum atomic E-state index is -0.234. The van der Waals surface area contributed by atoms with Crippen molar-refractivity contribution >= 4 is 5.91 Å². The Labute approximate surface area is 118 Å². The van der Waals surface area contributed by atoms with E-state index in [1.165, 1.54) is 6.26 Å². The zero-order chi connectivity index (χ0) is 14.5. The molecule has 4 nitrogen and oxygen atoms in total. The molecule has 1 unspecified atom stereocenters. The minimum Gasteiger partial charge on any atom is -0.491 e. The average Bonchev–Trinajstić information content (AvgIpc) is 2.92. The van der Waals surface area contributed by atoms with Crippen LogP contribution >= 0.6 is 0 Å². The van der Waals surface area contributed by atoms with Gasteiger partial charge in [0.15, 0.2) is 5.76 Å². The molecule has 106 valence electrons. The lowest BCUT2D eigenvalue weighted by Gasteiger charge is -2.19. The van der Waals surface area contributed by atoms with Crippen molar-refractivity contribution in [3.63, 3.8) is 0 Å². The fourth-order valence-corrected chi connectivity index (χ4v) is 1.95. The zero-order valence-corrected chi connectivity index (χ0v) is 11.9. The monoisotopic (exact) mass is 273 g/mol. The highest BCUT2D eigenvalue weighted by Gasteiger charge is 2.16. The van der Waals surface area contributed by atoms with Gasteiger partial charge in [-0.2, -0.15) is 0 Å². The van der Waals surface area contributed by atoms with Crippen LogP contribution in [-0.4, -0.2) is 12.0 Å². The largest absolute Gasteiger partial charge is 0.491 e. The molecule has 4 heteroatoms. The van der Waals surface area contributed by atoms with Crippen LogP contribution in [0.1, 0.15) is 42.9 Å². The molecule has 0 aliphatic heterocycles. The van der Waals surface area contributed by atoms with Crippen LogP contribution in [0.25, 0.3) is 0 Å². The van der Waals surface area contributed by atoms with E-state index in [1.807, 2.05) is 45.0 Å². The van der Waals surface area contributed by atoms with Crippen molar-refractivity contribution in [2.24, 2.45) is 0 Å². The molecule has 1 aromatic heterocycles. The number of benzene rings is 1. The highest BCUT2D eigenvalue weighted by molar-refractivity contribution is 5.91. The molecule has 0 aliphatic rings. The lowest BCUT2D eigenvalue weighted by Crippen LogP contribution is -2.26. The smallest absolute Gasteiger partial charge is 0.287 e. The standard InChI is InChI=1S/C16H19NO3/c1-11(2)20-14-8-5-4-7-13(14)12(3)17-16(18)15-9-6-10-19-15/h4-12H,1-3H3,(H,17,18). The fourth-order valence-electron chi connectivity index (χ4n) is 1.95. The first-order chi connectivity index (χ1) is 9.58. The summed E-state index contributed by atoms with van der Waals surface area (Å²) in [6.07, 6.45) is 1.57. The Morgan fingerprint density at radius 2 is 1.90 bits per heavy atom. The molecule has 2 aromatic rings. The van der Waals surface area contributed by atoms with Crippen molar-refractivity contribution < 1.29 is 13.9 Å². The third kappa shape index (κ3) is 3.41. The van der Waals surface area contributed by atoms with Gasteiger partial charge in [-0.15, -0.1) is 0 Å². The van der Waals surface area contributed by atoms with E-state index in [4.69, 9.17) is 9.15 Å². The van der Waals surface area contributed by atoms with Crippen molar-refractivity contribution in [1.82, 2.24) is 5.32 Å². The Hall–Kier alpha value is -2.23. The molecule has 0 saturated heterocycles. The summed E-state index contributed by atoms with van der Waals surface area (Å²) in [5.74, 6) is 0.857. The molecule has 0 fully saturated rings. The van der Waals surface area contributed by atoms with Gasteiger partial charge in [-0.1, -0.05) is 18.2 Å². The average molecular weight is 273 g/mol. The highest BCUT2D eigenvalue weighted by atomic mass is 16.5. The van der Waals surface area contributed by atoms with E-state index in [2.05, 4.69) is 5.32 Å². The number of hydrogen-bond acceptors (Lipinski definition) is 3. The van der Waals surface area contributed by atoms with Crippen molar-refractivity contribution in [3.8, 4) is 5.75 Å². The third-order valence-corrected chi connectivity index (χ3v) is 2.84. The molecule has 1 N–H and O–H groups in total. The Bertz CT molecular complexity index is 561. The van der Waals surface area contributed by atoms with Crippen LogP contribution in [0.2, 0.25) is 0 Å². The van der Waals surface area contributed by atoms with E-state index in [1.54, 1.807) is 12.1 Å². The number of para-hydroxylation sites is 1. The summed E-state index contributed by atoms with van der Waals surface area (Å²) in [7, 11) is 0. The summed E-state index contributed by atoms with van der Waals surface area (Å²) in [5, 5.41) is 2.90. The normalized spacial score (nSPS) is 12.2. The molecule has 1 amide bonds. The topological polar surface area (TPSA) is 51.5 Å². The van der Waals surface area contributed by atoms with Gasteiger partial charge in [0.1, 0.15) is 5.75 Å². The van der Waals surface area contributed by atoms with E-state index in [0.717, 1.165) is 11.3 Å². The number of ether oxygens (including phenoxy) is 1. The number of nitrogens with one attached hydrogen (secondary N) is 1. The Morgan fingerprint density at radius 1 is 1.15 bits per heavy atom. The van der Waals surface area contributed by atoms with Crippen molar-refractivity contribution in [1.29, 1.82) is 0 Å². The van der Waals surface area contributed by atoms with Gasteiger partial charge in [-0.05, 0) is 39.0 Å². The summed E-state index contributed by atoms with van der Waals surface area (Å²) in [6.45, 7) is 5.87. The van der Waals surface area contributed by atoms with Crippen LogP contribution in [-0.2, 0) is 0 Å². The molecule has 20 heavy (non-hydrogen) atoms. The van der Waals surface area contributed by atoms with Crippen LogP contribution in [0.5, 0.6) is 5.75 Å². The Morgan fingerprint density at radius 3 is 2.55 bits per heavy atom. The van der Waals surface area contributed by atoms with Crippen molar-refractivity contribution in [3.05, 3.63) is 54.0 Å². The van der Waals surface area contributed by atoms with Gasteiger partial charge in [-0.25, -0.2) is 0 Å². The van der Waals surface area contributed by atoms with E-state index >= 15 is 0 Å². The van der Waals surface area contributed by atoms with E-state index in [-0.39, 0.29) is 18.1 Å². The molecule has 0 saturated carbocycles. The van der Waals surface area contributed by atoms with Crippen LogP contribution in [0.3, 0.4) is 0 Å². The second-order valence-electron chi connectivity index (χ2n) is 4.88. The van der Waals surface area contributed by atoms with Crippen LogP contribution in [0.15, 0.2) is 47.1 Å². The molecule has 1 atom stereocenters. The summed E-state index contributed by atoms with van der Waals surface area (Å²) in [4.78, 5) is 12.0. The van der Waals surface area contributed by atoms with Gasteiger partial charge in [0.25, 0.3) is 5.91 Å². The molecular formula is C16H19NO3. The predicted molar refractivity (Wildman–Crippen MR) is 76.8 cm³/mol. The second-order valence-corrected chi connectivity index (χ2v) is 4.88. The van der Waals surface area contributed by atoms with Gasteiger partial charge >= 0.3 is 0 Å². The lowest BCUT2D eigenvalue weighted by atomic mass is 10.1. The number of amides is 1. The van der Waals surface area contributed by atoms with Crippen LogP contribution < -0.4 is 10.1 Å². The zero-order valence-electron chi connectivity index (χ0n) is 11.9. The van der Waals surface area contributed by atoms with E-state index in [9.17, 15) is 4.79 Å². The maximum Gasteiger partial charge on any atom is 0.287 e. The summed E-state index contributed by atoms with van der Waals surface area (Å²) < 4.78 is 10.8. The number of furan rings is 1. The summed E-state index contributed by atoms with van der Waals surface area (Å²) in [5.41, 5.74) is 0.945. The summed E-state index contributed by atoms with van der Waals surface area (Å²) in [6, 6.07) is 10.9. The number of carbonyl (C=O) groups excluding carboxylic acids is 1. The molecule has 1 heterocycles. The van der Waals surface area contributed by atoms with Gasteiger partial charge in [0, 0.05) is 5.56 Å². The van der Waals surface area contributed by atoms with E-state index in [0.29, 0.717) is 5.76 Å². The summed E-state index contributed by atoms with van der Waals surface area (Å²) >= 11 is 0. The Balaban J connectivity index is 2.13. The van der Waals surface area contributed by atoms with Gasteiger partial charge in [-0.3, -0.25) is 4.79 Å². The number of carbonyl (C=O) groups is 1. The lowest BCUT2D eigenvalue weighted by molar-refractivity contribution is 0.0911. The molecule has 0 spiro atoms. The van der Waals surface area contributed by atoms with Gasteiger partial charge < -0.3 is 14.5 Å². The molecule has 1 aromatic carbocycles. The highest BCUT2D eigenvalue weighted by Crippen LogP contribution is 2.26.